The van der Waals surface area contributed by atoms with Crippen molar-refractivity contribution in [1.29, 1.82) is 5.41 Å². The Hall–Kier alpha value is -2.56. The average Bonchev–Trinajstić information content (AvgIpc) is 2.70. The lowest BCUT2D eigenvalue weighted by Crippen LogP contribution is -2.22. The van der Waals surface area contributed by atoms with Gasteiger partial charge in [0.15, 0.2) is 5.96 Å². The second kappa shape index (κ2) is 18.2. The van der Waals surface area contributed by atoms with Gasteiger partial charge in [-0.05, 0) is 56.3 Å². The predicted molar refractivity (Wildman–Crippen MR) is 114 cm³/mol. The molecule has 1 rings (SSSR count). The van der Waals surface area contributed by atoms with Gasteiger partial charge in [-0.3, -0.25) is 4.99 Å². The maximum atomic E-state index is 7.13. The summed E-state index contributed by atoms with van der Waals surface area (Å²) in [5.74, 6) is 6.98. The number of benzene rings is 1. The van der Waals surface area contributed by atoms with Crippen molar-refractivity contribution in [2.24, 2.45) is 22.2 Å². The Balaban J connectivity index is 0.00000326. The summed E-state index contributed by atoms with van der Waals surface area (Å²) in [7, 11) is 1.50. The van der Waals surface area contributed by atoms with Crippen LogP contribution in [0.2, 0.25) is 0 Å². The smallest absolute Gasteiger partial charge is 0.185 e. The van der Waals surface area contributed by atoms with Crippen LogP contribution in [0, 0.1) is 17.3 Å². The number of aliphatic imine (C=N–C) groups is 1. The molecule has 1 aromatic rings. The molecule has 0 heterocycles. The second-order valence-corrected chi connectivity index (χ2v) is 5.61. The van der Waals surface area contributed by atoms with Gasteiger partial charge in [0.05, 0.1) is 6.54 Å². The van der Waals surface area contributed by atoms with Crippen LogP contribution in [-0.2, 0) is 0 Å². The molecule has 0 spiro atoms. The molecule has 0 aliphatic heterocycles. The lowest BCUT2D eigenvalue weighted by atomic mass is 10.1. The molecule has 8 N–H and O–H groups in total. The van der Waals surface area contributed by atoms with Crippen LogP contribution < -0.4 is 27.3 Å². The summed E-state index contributed by atoms with van der Waals surface area (Å²) < 4.78 is 5.51. The zero-order chi connectivity index (χ0) is 20.2. The topological polar surface area (TPSA) is 136 Å². The van der Waals surface area contributed by atoms with E-state index in [9.17, 15) is 0 Å². The first-order chi connectivity index (χ1) is 13.2. The lowest BCUT2D eigenvalue weighted by Gasteiger charge is -2.02. The van der Waals surface area contributed by atoms with E-state index in [2.05, 4.69) is 27.9 Å². The first-order valence-electron chi connectivity index (χ1n) is 9.25. The van der Waals surface area contributed by atoms with Gasteiger partial charge in [-0.2, -0.15) is 0 Å². The van der Waals surface area contributed by atoms with Crippen LogP contribution in [0.5, 0.6) is 5.75 Å². The molecule has 150 valence electrons. The lowest BCUT2D eigenvalue weighted by molar-refractivity contribution is 0.370. The van der Waals surface area contributed by atoms with Gasteiger partial charge in [-0.15, -0.1) is 0 Å². The van der Waals surface area contributed by atoms with Gasteiger partial charge in [0.25, 0.3) is 0 Å². The van der Waals surface area contributed by atoms with Crippen molar-refractivity contribution < 1.29 is 4.74 Å². The summed E-state index contributed by atoms with van der Waals surface area (Å²) >= 11 is 0. The fraction of sp³-hybridized carbons (Fsp3) is 0.500. The zero-order valence-electron chi connectivity index (χ0n) is 16.3. The zero-order valence-corrected chi connectivity index (χ0v) is 16.3. The molecule has 0 bridgehead atoms. The Morgan fingerprint density at radius 3 is 2.41 bits per heavy atom. The Kier molecular flexibility index (Phi) is 16.5. The summed E-state index contributed by atoms with van der Waals surface area (Å²) in [6.45, 7) is 2.77. The summed E-state index contributed by atoms with van der Waals surface area (Å²) in [6.07, 6.45) is 7.08. The Bertz CT molecular complexity index is 570. The summed E-state index contributed by atoms with van der Waals surface area (Å²) in [5.41, 5.74) is 15.9. The van der Waals surface area contributed by atoms with E-state index >= 15 is 0 Å². The average molecular weight is 375 g/mol. The Labute approximate surface area is 163 Å². The fourth-order valence-corrected chi connectivity index (χ4v) is 2.14. The van der Waals surface area contributed by atoms with Crippen LogP contribution in [0.3, 0.4) is 0 Å². The summed E-state index contributed by atoms with van der Waals surface area (Å²) in [6, 6.07) is 7.38. The molecular weight excluding hydrogens is 340 g/mol. The highest BCUT2D eigenvalue weighted by atomic mass is 16.5. The minimum Gasteiger partial charge on any atom is -0.481 e. The molecule has 0 saturated heterocycles. The molecule has 0 aliphatic rings. The van der Waals surface area contributed by atoms with Crippen molar-refractivity contribution >= 4 is 12.2 Å². The second-order valence-electron chi connectivity index (χ2n) is 5.61. The van der Waals surface area contributed by atoms with Crippen LogP contribution in [0.4, 0.5) is 0 Å². The van der Waals surface area contributed by atoms with E-state index in [1.807, 2.05) is 24.3 Å². The molecule has 0 fully saturated rings. The molecule has 0 radical (unpaired) electrons. The molecule has 7 nitrogen and oxygen atoms in total. The van der Waals surface area contributed by atoms with E-state index in [1.165, 1.54) is 26.1 Å². The number of unbranched alkanes of at least 4 members (excludes halogenated alkanes) is 4. The highest BCUT2D eigenvalue weighted by Gasteiger charge is 1.92. The van der Waals surface area contributed by atoms with E-state index in [-0.39, 0.29) is 5.96 Å². The quantitative estimate of drug-likeness (QED) is 0.163. The van der Waals surface area contributed by atoms with Crippen LogP contribution >= 0.6 is 0 Å². The number of nitrogens with one attached hydrogen (secondary N) is 2. The molecule has 0 aliphatic carbocycles. The Morgan fingerprint density at radius 2 is 1.74 bits per heavy atom. The van der Waals surface area contributed by atoms with Crippen LogP contribution in [0.1, 0.15) is 37.7 Å². The molecule has 0 atom stereocenters. The number of nitrogens with zero attached hydrogens (tertiary/aromatic N) is 1. The van der Waals surface area contributed by atoms with E-state index < -0.39 is 0 Å². The SMILES string of the molecule is CN.N=Cc1ccc(OCC#CCNCCCCCCCN=C(N)N)cc1. The number of rotatable bonds is 12. The van der Waals surface area contributed by atoms with Gasteiger partial charge in [0.2, 0.25) is 0 Å². The van der Waals surface area contributed by atoms with E-state index in [0.717, 1.165) is 43.7 Å². The van der Waals surface area contributed by atoms with Crippen LogP contribution in [-0.4, -0.2) is 45.5 Å². The number of ether oxygens (including phenoxy) is 1. The molecule has 0 aromatic heterocycles. The fourth-order valence-electron chi connectivity index (χ4n) is 2.14. The molecule has 0 saturated carbocycles. The molecule has 0 unspecified atom stereocenters. The minimum absolute atomic E-state index is 0.177. The molecule has 1 aromatic carbocycles. The van der Waals surface area contributed by atoms with E-state index in [4.69, 9.17) is 21.6 Å². The van der Waals surface area contributed by atoms with Gasteiger partial charge in [0, 0.05) is 12.8 Å². The maximum Gasteiger partial charge on any atom is 0.185 e. The number of hydrogen-bond donors (Lipinski definition) is 5. The standard InChI is InChI=1S/C19H29N5O.CH5N/c20-16-17-8-10-18(11-9-17)25-15-7-6-13-23-12-4-2-1-3-5-14-24-19(21)22;1-2/h8-11,16,20,23H,1-5,12-15H2,(H4,21,22,24);2H2,1H3. The number of nitrogens with two attached hydrogens (primary N) is 3. The molecule has 0 amide bonds. The van der Waals surface area contributed by atoms with Gasteiger partial charge < -0.3 is 32.7 Å². The first-order valence-corrected chi connectivity index (χ1v) is 9.25. The molecule has 7 heteroatoms. The number of hydrogen-bond acceptors (Lipinski definition) is 5. The van der Waals surface area contributed by atoms with Gasteiger partial charge >= 0.3 is 0 Å². The van der Waals surface area contributed by atoms with Gasteiger partial charge in [-0.1, -0.05) is 31.1 Å². The monoisotopic (exact) mass is 374 g/mol. The van der Waals surface area contributed by atoms with Crippen molar-refractivity contribution in [3.63, 3.8) is 0 Å². The first kappa shape index (κ1) is 24.4. The van der Waals surface area contributed by atoms with Gasteiger partial charge in [-0.25, -0.2) is 0 Å². The molecule has 27 heavy (non-hydrogen) atoms. The third kappa shape index (κ3) is 15.4. The highest BCUT2D eigenvalue weighted by molar-refractivity contribution is 5.77. The minimum atomic E-state index is 0.177. The number of guanidine groups is 1. The predicted octanol–water partition coefficient (Wildman–Crippen LogP) is 1.45. The maximum absolute atomic E-state index is 7.13. The van der Waals surface area contributed by atoms with E-state index in [1.54, 1.807) is 0 Å². The third-order valence-corrected chi connectivity index (χ3v) is 3.50. The van der Waals surface area contributed by atoms with Crippen LogP contribution in [0.15, 0.2) is 29.3 Å². The third-order valence-electron chi connectivity index (χ3n) is 3.50. The normalized spacial score (nSPS) is 9.26. The van der Waals surface area contributed by atoms with Crippen molar-refractivity contribution in [3.05, 3.63) is 29.8 Å². The van der Waals surface area contributed by atoms with Gasteiger partial charge in [0.1, 0.15) is 12.4 Å². The van der Waals surface area contributed by atoms with E-state index in [0.29, 0.717) is 13.2 Å². The Morgan fingerprint density at radius 1 is 1.07 bits per heavy atom. The van der Waals surface area contributed by atoms with Crippen molar-refractivity contribution in [2.45, 2.75) is 32.1 Å². The highest BCUT2D eigenvalue weighted by Crippen LogP contribution is 2.10. The van der Waals surface area contributed by atoms with Crippen molar-refractivity contribution in [2.75, 3.05) is 33.3 Å². The molecular formula is C20H34N6O. The van der Waals surface area contributed by atoms with Crippen molar-refractivity contribution in [1.82, 2.24) is 5.32 Å². The summed E-state index contributed by atoms with van der Waals surface area (Å²) in [4.78, 5) is 3.96. The van der Waals surface area contributed by atoms with Crippen LogP contribution in [0.25, 0.3) is 0 Å². The summed E-state index contributed by atoms with van der Waals surface area (Å²) in [5, 5.41) is 10.4. The van der Waals surface area contributed by atoms with Crippen molar-refractivity contribution in [3.8, 4) is 17.6 Å². The largest absolute Gasteiger partial charge is 0.481 e.